The molecule has 0 radical (unpaired) electrons. The molecule has 1 aliphatic rings. The largest absolute Gasteiger partial charge is 0.361 e. The summed E-state index contributed by atoms with van der Waals surface area (Å²) in [7, 11) is 0.283. The Labute approximate surface area is 177 Å². The number of halogens is 1. The summed E-state index contributed by atoms with van der Waals surface area (Å²) >= 11 is 3.35. The van der Waals surface area contributed by atoms with Crippen molar-refractivity contribution in [2.45, 2.75) is 4.90 Å². The van der Waals surface area contributed by atoms with Crippen molar-refractivity contribution >= 4 is 48.8 Å². The minimum atomic E-state index is -3.36. The van der Waals surface area contributed by atoms with Crippen molar-refractivity contribution in [2.24, 2.45) is 0 Å². The van der Waals surface area contributed by atoms with Gasteiger partial charge in [0.2, 0.25) is 0 Å². The van der Waals surface area contributed by atoms with Gasteiger partial charge >= 0.3 is 0 Å². The van der Waals surface area contributed by atoms with E-state index in [4.69, 9.17) is 0 Å². The quantitative estimate of drug-likeness (QED) is 0.490. The molecule has 29 heavy (non-hydrogen) atoms. The molecule has 0 spiro atoms. The third-order valence-electron chi connectivity index (χ3n) is 4.39. The molecule has 0 saturated carbocycles. The molecule has 3 rings (SSSR count). The smallest absolute Gasteiger partial charge is 0.260 e. The standard InChI is InChI=1S/C20H20BrN3O4S/c1-24(2)9-10-29(27,28)15-6-4-14(5-7-15)22-12-18-17-11-13(21)3-8-16(17)19(25)23-20(18)26/h3-8,11-12,22H,9-10H2,1-2H3,(H,23,25,26)/b18-12-. The van der Waals surface area contributed by atoms with Gasteiger partial charge in [-0.3, -0.25) is 14.9 Å². The average molecular weight is 478 g/mol. The number of anilines is 1. The van der Waals surface area contributed by atoms with Gasteiger partial charge in [0.15, 0.2) is 9.84 Å². The average Bonchev–Trinajstić information content (AvgIpc) is 2.66. The molecule has 9 heteroatoms. The van der Waals surface area contributed by atoms with Crippen LogP contribution in [0, 0.1) is 0 Å². The van der Waals surface area contributed by atoms with E-state index in [1.165, 1.54) is 18.3 Å². The first-order valence-corrected chi connectivity index (χ1v) is 11.2. The Bertz CT molecular complexity index is 1090. The van der Waals surface area contributed by atoms with Crippen molar-refractivity contribution in [3.8, 4) is 0 Å². The summed E-state index contributed by atoms with van der Waals surface area (Å²) in [5, 5.41) is 5.31. The summed E-state index contributed by atoms with van der Waals surface area (Å²) in [5.41, 5.74) is 1.85. The van der Waals surface area contributed by atoms with Crippen LogP contribution < -0.4 is 10.6 Å². The van der Waals surface area contributed by atoms with Crippen molar-refractivity contribution in [3.05, 3.63) is 64.3 Å². The number of carbonyl (C=O) groups is 2. The number of nitrogens with zero attached hydrogens (tertiary/aromatic N) is 1. The highest BCUT2D eigenvalue weighted by atomic mass is 79.9. The second kappa shape index (κ2) is 8.48. The van der Waals surface area contributed by atoms with Crippen LogP contribution in [0.15, 0.2) is 58.0 Å². The SMILES string of the molecule is CN(C)CCS(=O)(=O)c1ccc(N/C=C2\C(=O)NC(=O)c3ccc(Br)cc32)cc1. The van der Waals surface area contributed by atoms with E-state index in [0.29, 0.717) is 28.9 Å². The van der Waals surface area contributed by atoms with Gasteiger partial charge < -0.3 is 10.2 Å². The molecule has 2 aromatic rings. The minimum Gasteiger partial charge on any atom is -0.361 e. The molecule has 0 bridgehead atoms. The van der Waals surface area contributed by atoms with Crippen molar-refractivity contribution in [2.75, 3.05) is 31.7 Å². The molecule has 0 atom stereocenters. The number of carbonyl (C=O) groups excluding carboxylic acids is 2. The lowest BCUT2D eigenvalue weighted by atomic mass is 9.95. The van der Waals surface area contributed by atoms with Gasteiger partial charge in [0.1, 0.15) is 0 Å². The first-order valence-electron chi connectivity index (χ1n) is 8.77. The van der Waals surface area contributed by atoms with Crippen LogP contribution in [0.1, 0.15) is 15.9 Å². The molecule has 1 aliphatic heterocycles. The van der Waals surface area contributed by atoms with Gasteiger partial charge in [-0.25, -0.2) is 8.42 Å². The Kier molecular flexibility index (Phi) is 6.21. The number of benzene rings is 2. The first kappa shape index (κ1) is 21.2. The van der Waals surface area contributed by atoms with Gasteiger partial charge in [-0.1, -0.05) is 15.9 Å². The number of hydrogen-bond donors (Lipinski definition) is 2. The Hall–Kier alpha value is -2.49. The lowest BCUT2D eigenvalue weighted by Crippen LogP contribution is -2.36. The maximum Gasteiger partial charge on any atom is 0.260 e. The predicted octanol–water partition coefficient (Wildman–Crippen LogP) is 2.51. The topological polar surface area (TPSA) is 95.6 Å². The molecule has 7 nitrogen and oxygen atoms in total. The zero-order chi connectivity index (χ0) is 21.2. The molecule has 2 aromatic carbocycles. The number of sulfone groups is 1. The Morgan fingerprint density at radius 1 is 1.03 bits per heavy atom. The summed E-state index contributed by atoms with van der Waals surface area (Å²) < 4.78 is 25.4. The Morgan fingerprint density at radius 2 is 1.72 bits per heavy atom. The second-order valence-corrected chi connectivity index (χ2v) is 9.85. The zero-order valence-corrected chi connectivity index (χ0v) is 18.3. The summed E-state index contributed by atoms with van der Waals surface area (Å²) in [6.45, 7) is 0.442. The number of fused-ring (bicyclic) bond motifs is 1. The number of imide groups is 1. The zero-order valence-electron chi connectivity index (χ0n) is 15.9. The second-order valence-electron chi connectivity index (χ2n) is 6.82. The van der Waals surface area contributed by atoms with Crippen LogP contribution >= 0.6 is 15.9 Å². The van der Waals surface area contributed by atoms with Crippen molar-refractivity contribution in [1.82, 2.24) is 10.2 Å². The van der Waals surface area contributed by atoms with Crippen LogP contribution in [-0.2, 0) is 14.6 Å². The molecule has 2 N–H and O–H groups in total. The van der Waals surface area contributed by atoms with E-state index in [9.17, 15) is 18.0 Å². The van der Waals surface area contributed by atoms with Crippen LogP contribution in [0.25, 0.3) is 5.57 Å². The van der Waals surface area contributed by atoms with E-state index < -0.39 is 21.7 Å². The Balaban J connectivity index is 1.82. The van der Waals surface area contributed by atoms with E-state index in [1.54, 1.807) is 30.3 Å². The fourth-order valence-corrected chi connectivity index (χ4v) is 4.53. The van der Waals surface area contributed by atoms with Crippen LogP contribution in [-0.4, -0.2) is 51.5 Å². The van der Waals surface area contributed by atoms with E-state index in [1.807, 2.05) is 19.0 Å². The summed E-state index contributed by atoms with van der Waals surface area (Å²) in [6.07, 6.45) is 1.50. The highest BCUT2D eigenvalue weighted by molar-refractivity contribution is 9.10. The van der Waals surface area contributed by atoms with Gasteiger partial charge in [0.25, 0.3) is 11.8 Å². The molecule has 2 amide bonds. The van der Waals surface area contributed by atoms with Gasteiger partial charge in [-0.15, -0.1) is 0 Å². The summed E-state index contributed by atoms with van der Waals surface area (Å²) in [5.74, 6) is -0.908. The van der Waals surface area contributed by atoms with Crippen LogP contribution in [0.4, 0.5) is 5.69 Å². The van der Waals surface area contributed by atoms with Crippen molar-refractivity contribution in [3.63, 3.8) is 0 Å². The third-order valence-corrected chi connectivity index (χ3v) is 6.60. The fourth-order valence-electron chi connectivity index (χ4n) is 2.78. The molecular formula is C20H20BrN3O4S. The number of nitrogens with one attached hydrogen (secondary N) is 2. The number of amides is 2. The van der Waals surface area contributed by atoms with E-state index in [0.717, 1.165) is 4.47 Å². The maximum absolute atomic E-state index is 12.3. The lowest BCUT2D eigenvalue weighted by Gasteiger charge is -2.18. The normalized spacial score (nSPS) is 15.4. The fraction of sp³-hybridized carbons (Fsp3) is 0.200. The molecule has 0 aromatic heterocycles. The maximum atomic E-state index is 12.3. The van der Waals surface area contributed by atoms with Gasteiger partial charge in [0.05, 0.1) is 16.2 Å². The Morgan fingerprint density at radius 3 is 2.38 bits per heavy atom. The van der Waals surface area contributed by atoms with Gasteiger partial charge in [0, 0.05) is 34.0 Å². The van der Waals surface area contributed by atoms with E-state index in [-0.39, 0.29) is 10.6 Å². The molecule has 1 heterocycles. The van der Waals surface area contributed by atoms with Gasteiger partial charge in [-0.05, 0) is 56.6 Å². The molecule has 0 saturated heterocycles. The molecule has 152 valence electrons. The molecule has 0 fully saturated rings. The summed E-state index contributed by atoms with van der Waals surface area (Å²) in [4.78, 5) is 26.3. The predicted molar refractivity (Wildman–Crippen MR) is 115 cm³/mol. The monoisotopic (exact) mass is 477 g/mol. The van der Waals surface area contributed by atoms with Crippen molar-refractivity contribution in [1.29, 1.82) is 0 Å². The number of hydrogen-bond acceptors (Lipinski definition) is 6. The number of rotatable bonds is 6. The molecule has 0 unspecified atom stereocenters. The highest BCUT2D eigenvalue weighted by Crippen LogP contribution is 2.27. The van der Waals surface area contributed by atoms with Crippen molar-refractivity contribution < 1.29 is 18.0 Å². The summed E-state index contributed by atoms with van der Waals surface area (Å²) in [6, 6.07) is 11.4. The minimum absolute atomic E-state index is 0.0384. The first-order chi connectivity index (χ1) is 13.7. The molecular weight excluding hydrogens is 458 g/mol. The van der Waals surface area contributed by atoms with Crippen LogP contribution in [0.3, 0.4) is 0 Å². The van der Waals surface area contributed by atoms with Gasteiger partial charge in [-0.2, -0.15) is 0 Å². The third kappa shape index (κ3) is 4.92. The van der Waals surface area contributed by atoms with Crippen LogP contribution in [0.2, 0.25) is 0 Å². The highest BCUT2D eigenvalue weighted by Gasteiger charge is 2.27. The van der Waals surface area contributed by atoms with Crippen LogP contribution in [0.5, 0.6) is 0 Å². The van der Waals surface area contributed by atoms with E-state index in [2.05, 4.69) is 26.6 Å². The van der Waals surface area contributed by atoms with E-state index >= 15 is 0 Å². The molecule has 0 aliphatic carbocycles. The lowest BCUT2D eigenvalue weighted by molar-refractivity contribution is -0.114.